The first-order valence-electron chi connectivity index (χ1n) is 8.26. The number of halogens is 1. The van der Waals surface area contributed by atoms with E-state index in [4.69, 9.17) is 4.74 Å². The predicted molar refractivity (Wildman–Crippen MR) is 91.2 cm³/mol. The first-order chi connectivity index (χ1) is 12.1. The Morgan fingerprint density at radius 2 is 2.08 bits per heavy atom. The Labute approximate surface area is 144 Å². The Kier molecular flexibility index (Phi) is 3.87. The molecular weight excluding hydrogens is 323 g/mol. The van der Waals surface area contributed by atoms with Crippen LogP contribution in [0, 0.1) is 5.82 Å². The van der Waals surface area contributed by atoms with Crippen LogP contribution in [0.2, 0.25) is 0 Å². The summed E-state index contributed by atoms with van der Waals surface area (Å²) in [6.07, 6.45) is 1.09. The van der Waals surface area contributed by atoms with E-state index in [9.17, 15) is 14.0 Å². The Bertz CT molecular complexity index is 852. The number of aryl methyl sites for hydroxylation is 1. The molecule has 0 spiro atoms. The van der Waals surface area contributed by atoms with Gasteiger partial charge in [-0.1, -0.05) is 24.3 Å². The van der Waals surface area contributed by atoms with Gasteiger partial charge >= 0.3 is 6.09 Å². The SMILES string of the molecule is O=C(Nc1cc(N2CCOC2=O)ccc1F)[C@H]1CCc2ccccc21. The Hall–Kier alpha value is -2.89. The fourth-order valence-electron chi connectivity index (χ4n) is 3.45. The quantitative estimate of drug-likeness (QED) is 0.931. The van der Waals surface area contributed by atoms with Crippen molar-refractivity contribution in [2.24, 2.45) is 0 Å². The van der Waals surface area contributed by atoms with Gasteiger partial charge in [0.1, 0.15) is 12.4 Å². The lowest BCUT2D eigenvalue weighted by molar-refractivity contribution is -0.117. The van der Waals surface area contributed by atoms with Crippen LogP contribution in [0.15, 0.2) is 42.5 Å². The predicted octanol–water partition coefficient (Wildman–Crippen LogP) is 3.45. The third-order valence-electron chi connectivity index (χ3n) is 4.73. The maximum absolute atomic E-state index is 14.1. The van der Waals surface area contributed by atoms with Crippen LogP contribution in [-0.2, 0) is 16.0 Å². The summed E-state index contributed by atoms with van der Waals surface area (Å²) in [6, 6.07) is 12.0. The van der Waals surface area contributed by atoms with E-state index in [0.717, 1.165) is 17.5 Å². The van der Waals surface area contributed by atoms with Crippen LogP contribution in [0.5, 0.6) is 0 Å². The van der Waals surface area contributed by atoms with Gasteiger partial charge in [-0.15, -0.1) is 0 Å². The number of carbonyl (C=O) groups is 2. The highest BCUT2D eigenvalue weighted by Gasteiger charge is 2.29. The summed E-state index contributed by atoms with van der Waals surface area (Å²) >= 11 is 0. The molecule has 1 heterocycles. The number of amides is 2. The third-order valence-corrected chi connectivity index (χ3v) is 4.73. The van der Waals surface area contributed by atoms with E-state index in [1.807, 2.05) is 24.3 Å². The fraction of sp³-hybridized carbons (Fsp3) is 0.263. The molecule has 1 aliphatic carbocycles. The van der Waals surface area contributed by atoms with Gasteiger partial charge in [0.05, 0.1) is 18.2 Å². The Morgan fingerprint density at radius 3 is 2.88 bits per heavy atom. The normalized spacial score (nSPS) is 18.8. The molecule has 6 heteroatoms. The molecule has 5 nitrogen and oxygen atoms in total. The monoisotopic (exact) mass is 340 g/mol. The van der Waals surface area contributed by atoms with Crippen molar-refractivity contribution in [3.63, 3.8) is 0 Å². The summed E-state index contributed by atoms with van der Waals surface area (Å²) in [6.45, 7) is 0.713. The molecular formula is C19H17FN2O3. The van der Waals surface area contributed by atoms with Crippen molar-refractivity contribution in [1.29, 1.82) is 0 Å². The molecule has 0 unspecified atom stereocenters. The molecule has 0 radical (unpaired) electrons. The van der Waals surface area contributed by atoms with Gasteiger partial charge in [0.25, 0.3) is 0 Å². The molecule has 2 aliphatic rings. The molecule has 0 aromatic heterocycles. The zero-order valence-corrected chi connectivity index (χ0v) is 13.5. The number of anilines is 2. The molecule has 4 rings (SSSR count). The van der Waals surface area contributed by atoms with E-state index < -0.39 is 11.9 Å². The summed E-state index contributed by atoms with van der Waals surface area (Å²) in [5, 5.41) is 2.68. The average molecular weight is 340 g/mol. The van der Waals surface area contributed by atoms with Crippen molar-refractivity contribution >= 4 is 23.4 Å². The molecule has 1 aliphatic heterocycles. The highest BCUT2D eigenvalue weighted by molar-refractivity contribution is 5.98. The van der Waals surface area contributed by atoms with Crippen LogP contribution in [0.4, 0.5) is 20.6 Å². The zero-order valence-electron chi connectivity index (χ0n) is 13.5. The van der Waals surface area contributed by atoms with Gasteiger partial charge in [-0.25, -0.2) is 9.18 Å². The van der Waals surface area contributed by atoms with Gasteiger partial charge in [-0.05, 0) is 42.2 Å². The fourth-order valence-corrected chi connectivity index (χ4v) is 3.45. The van der Waals surface area contributed by atoms with Crippen LogP contribution in [0.1, 0.15) is 23.5 Å². The maximum atomic E-state index is 14.1. The summed E-state index contributed by atoms with van der Waals surface area (Å²) in [7, 11) is 0. The number of ether oxygens (including phenoxy) is 1. The third kappa shape index (κ3) is 2.84. The number of fused-ring (bicyclic) bond motifs is 1. The number of nitrogens with zero attached hydrogens (tertiary/aromatic N) is 1. The first kappa shape index (κ1) is 15.6. The van der Waals surface area contributed by atoms with Crippen LogP contribution < -0.4 is 10.2 Å². The number of hydrogen-bond donors (Lipinski definition) is 1. The highest BCUT2D eigenvalue weighted by Crippen LogP contribution is 2.34. The van der Waals surface area contributed by atoms with Crippen molar-refractivity contribution in [3.8, 4) is 0 Å². The molecule has 1 fully saturated rings. The Balaban J connectivity index is 1.56. The van der Waals surface area contributed by atoms with Crippen molar-refractivity contribution in [1.82, 2.24) is 0 Å². The summed E-state index contributed by atoms with van der Waals surface area (Å²) in [4.78, 5) is 25.7. The van der Waals surface area contributed by atoms with Crippen LogP contribution >= 0.6 is 0 Å². The molecule has 25 heavy (non-hydrogen) atoms. The average Bonchev–Trinajstić information content (AvgIpc) is 3.23. The summed E-state index contributed by atoms with van der Waals surface area (Å²) in [5.41, 5.74) is 2.74. The van der Waals surface area contributed by atoms with E-state index in [-0.39, 0.29) is 17.5 Å². The molecule has 2 amide bonds. The molecule has 2 aromatic rings. The van der Waals surface area contributed by atoms with E-state index in [1.54, 1.807) is 0 Å². The maximum Gasteiger partial charge on any atom is 0.414 e. The number of carbonyl (C=O) groups excluding carboxylic acids is 2. The first-order valence-corrected chi connectivity index (χ1v) is 8.26. The van der Waals surface area contributed by atoms with Gasteiger partial charge in [0.2, 0.25) is 5.91 Å². The molecule has 1 saturated heterocycles. The van der Waals surface area contributed by atoms with Crippen molar-refractivity contribution in [2.45, 2.75) is 18.8 Å². The lowest BCUT2D eigenvalue weighted by Gasteiger charge is -2.16. The standard InChI is InChI=1S/C19H17FN2O3/c20-16-8-6-13(22-9-10-25-19(22)24)11-17(16)21-18(23)15-7-5-12-3-1-2-4-14(12)15/h1-4,6,8,11,15H,5,7,9-10H2,(H,21,23)/t15-/m0/s1. The van der Waals surface area contributed by atoms with Crippen molar-refractivity contribution in [2.75, 3.05) is 23.4 Å². The highest BCUT2D eigenvalue weighted by atomic mass is 19.1. The minimum absolute atomic E-state index is 0.0755. The molecule has 0 saturated carbocycles. The molecule has 0 bridgehead atoms. The number of hydrogen-bond acceptors (Lipinski definition) is 3. The molecule has 2 aromatic carbocycles. The zero-order chi connectivity index (χ0) is 17.4. The van der Waals surface area contributed by atoms with Crippen LogP contribution in [0.25, 0.3) is 0 Å². The summed E-state index contributed by atoms with van der Waals surface area (Å²) in [5.74, 6) is -1.04. The lowest BCUT2D eigenvalue weighted by atomic mass is 10.0. The smallest absolute Gasteiger partial charge is 0.414 e. The number of cyclic esters (lactones) is 1. The minimum Gasteiger partial charge on any atom is -0.447 e. The number of rotatable bonds is 3. The van der Waals surface area contributed by atoms with Gasteiger partial charge in [0.15, 0.2) is 0 Å². The second-order valence-corrected chi connectivity index (χ2v) is 6.21. The van der Waals surface area contributed by atoms with Crippen LogP contribution in [-0.4, -0.2) is 25.2 Å². The second kappa shape index (κ2) is 6.20. The van der Waals surface area contributed by atoms with E-state index in [1.165, 1.54) is 23.1 Å². The van der Waals surface area contributed by atoms with Gasteiger partial charge in [0, 0.05) is 5.69 Å². The summed E-state index contributed by atoms with van der Waals surface area (Å²) < 4.78 is 19.0. The Morgan fingerprint density at radius 1 is 1.24 bits per heavy atom. The minimum atomic E-state index is -0.532. The van der Waals surface area contributed by atoms with Crippen molar-refractivity contribution in [3.05, 3.63) is 59.4 Å². The molecule has 1 atom stereocenters. The largest absolute Gasteiger partial charge is 0.447 e. The van der Waals surface area contributed by atoms with E-state index in [0.29, 0.717) is 25.3 Å². The molecule has 1 N–H and O–H groups in total. The second-order valence-electron chi connectivity index (χ2n) is 6.21. The molecule has 128 valence electrons. The van der Waals surface area contributed by atoms with E-state index >= 15 is 0 Å². The number of nitrogens with one attached hydrogen (secondary N) is 1. The van der Waals surface area contributed by atoms with Crippen molar-refractivity contribution < 1.29 is 18.7 Å². The lowest BCUT2D eigenvalue weighted by Crippen LogP contribution is -2.24. The van der Waals surface area contributed by atoms with Gasteiger partial charge in [-0.2, -0.15) is 0 Å². The van der Waals surface area contributed by atoms with Crippen LogP contribution in [0.3, 0.4) is 0 Å². The van der Waals surface area contributed by atoms with Gasteiger partial charge in [-0.3, -0.25) is 9.69 Å². The van der Waals surface area contributed by atoms with Gasteiger partial charge < -0.3 is 10.1 Å². The topological polar surface area (TPSA) is 58.6 Å². The van der Waals surface area contributed by atoms with E-state index in [2.05, 4.69) is 5.32 Å². The number of benzene rings is 2.